The van der Waals surface area contributed by atoms with Crippen molar-refractivity contribution in [1.29, 1.82) is 0 Å². The van der Waals surface area contributed by atoms with E-state index in [1.165, 1.54) is 58.8 Å². The summed E-state index contributed by atoms with van der Waals surface area (Å²) in [7, 11) is 0. The monoisotopic (exact) mass is 719 g/mol. The highest BCUT2D eigenvalue weighted by molar-refractivity contribution is 7.26. The number of benzene rings is 9. The number of anilines is 3. The number of rotatable bonds is 6. The maximum atomic E-state index is 6.32. The van der Waals surface area contributed by atoms with Gasteiger partial charge in [-0.3, -0.25) is 0 Å². The standard InChI is InChI=1S/C52H33NOS/c1-2-14-34(15-3-1)39-23-11-16-35-17-12-25-44(51(35)39)41-20-4-7-27-47(41)53(38-30-31-49-46(33-38)42-21-5-8-28-48(42)54-49)37-19-10-18-36(32-37)40-24-13-26-45-43-22-6-9-29-50(43)55-52(40)45/h1-33H. The fraction of sp³-hybridized carbons (Fsp3) is 0. The molecule has 0 amide bonds. The van der Waals surface area contributed by atoms with E-state index >= 15 is 0 Å². The van der Waals surface area contributed by atoms with Crippen LogP contribution in [0, 0.1) is 0 Å². The highest BCUT2D eigenvalue weighted by Crippen LogP contribution is 2.47. The summed E-state index contributed by atoms with van der Waals surface area (Å²) in [5.74, 6) is 0. The number of thiophene rings is 1. The van der Waals surface area contributed by atoms with Crippen LogP contribution in [-0.4, -0.2) is 0 Å². The van der Waals surface area contributed by atoms with Crippen molar-refractivity contribution in [3.8, 4) is 33.4 Å². The second-order valence-corrected chi connectivity index (χ2v) is 15.1. The van der Waals surface area contributed by atoms with E-state index in [1.807, 2.05) is 23.5 Å². The van der Waals surface area contributed by atoms with Crippen molar-refractivity contribution >= 4 is 81.3 Å². The molecule has 0 bridgehead atoms. The van der Waals surface area contributed by atoms with Crippen LogP contribution in [0.2, 0.25) is 0 Å². The molecule has 0 aliphatic rings. The van der Waals surface area contributed by atoms with Crippen molar-refractivity contribution in [1.82, 2.24) is 0 Å². The average molecular weight is 720 g/mol. The van der Waals surface area contributed by atoms with E-state index in [1.54, 1.807) is 0 Å². The van der Waals surface area contributed by atoms with Crippen LogP contribution in [0.15, 0.2) is 205 Å². The molecule has 11 aromatic rings. The van der Waals surface area contributed by atoms with Crippen LogP contribution < -0.4 is 4.90 Å². The lowest BCUT2D eigenvalue weighted by Crippen LogP contribution is -2.11. The first-order valence-corrected chi connectivity index (χ1v) is 19.5. The molecule has 55 heavy (non-hydrogen) atoms. The van der Waals surface area contributed by atoms with Crippen LogP contribution in [0.3, 0.4) is 0 Å². The number of fused-ring (bicyclic) bond motifs is 7. The minimum absolute atomic E-state index is 0.880. The van der Waals surface area contributed by atoms with Crippen LogP contribution in [-0.2, 0) is 0 Å². The quantitative estimate of drug-likeness (QED) is 0.170. The third kappa shape index (κ3) is 5.24. The molecule has 0 atom stereocenters. The lowest BCUT2D eigenvalue weighted by molar-refractivity contribution is 0.669. The van der Waals surface area contributed by atoms with E-state index in [0.29, 0.717) is 0 Å². The predicted octanol–water partition coefficient (Wildman–Crippen LogP) is 15.6. The fourth-order valence-electron chi connectivity index (χ4n) is 8.39. The van der Waals surface area contributed by atoms with Crippen LogP contribution in [0.25, 0.3) is 86.3 Å². The molecule has 0 spiro atoms. The summed E-state index contributed by atoms with van der Waals surface area (Å²) in [6.07, 6.45) is 0. The lowest BCUT2D eigenvalue weighted by atomic mass is 9.90. The Morgan fingerprint density at radius 3 is 1.93 bits per heavy atom. The van der Waals surface area contributed by atoms with Gasteiger partial charge >= 0.3 is 0 Å². The minimum atomic E-state index is 0.880. The highest BCUT2D eigenvalue weighted by Gasteiger charge is 2.22. The molecule has 0 saturated carbocycles. The summed E-state index contributed by atoms with van der Waals surface area (Å²) in [6.45, 7) is 0. The van der Waals surface area contributed by atoms with E-state index in [4.69, 9.17) is 4.42 Å². The number of hydrogen-bond donors (Lipinski definition) is 0. The first-order chi connectivity index (χ1) is 27.3. The number of hydrogen-bond acceptors (Lipinski definition) is 3. The maximum Gasteiger partial charge on any atom is 0.135 e. The Hall–Kier alpha value is -6.94. The Morgan fingerprint density at radius 2 is 1.02 bits per heavy atom. The first-order valence-electron chi connectivity index (χ1n) is 18.7. The molecule has 2 heterocycles. The molecule has 258 valence electrons. The van der Waals surface area contributed by atoms with Gasteiger partial charge in [-0.25, -0.2) is 0 Å². The maximum absolute atomic E-state index is 6.32. The van der Waals surface area contributed by atoms with Crippen LogP contribution in [0.4, 0.5) is 17.1 Å². The van der Waals surface area contributed by atoms with Crippen LogP contribution in [0.5, 0.6) is 0 Å². The molecule has 0 aliphatic carbocycles. The van der Waals surface area contributed by atoms with Gasteiger partial charge in [0.15, 0.2) is 0 Å². The van der Waals surface area contributed by atoms with Gasteiger partial charge in [0.2, 0.25) is 0 Å². The zero-order chi connectivity index (χ0) is 36.3. The first kappa shape index (κ1) is 31.6. The topological polar surface area (TPSA) is 16.4 Å². The average Bonchev–Trinajstić information content (AvgIpc) is 3.82. The second-order valence-electron chi connectivity index (χ2n) is 14.0. The van der Waals surface area contributed by atoms with Crippen LogP contribution in [0.1, 0.15) is 0 Å². The molecule has 2 aromatic heterocycles. The third-order valence-corrected chi connectivity index (χ3v) is 12.1. The highest BCUT2D eigenvalue weighted by atomic mass is 32.1. The molecular formula is C52H33NOS. The van der Waals surface area contributed by atoms with Crippen molar-refractivity contribution in [2.24, 2.45) is 0 Å². The Bertz CT molecular complexity index is 3220. The number of nitrogens with zero attached hydrogens (tertiary/aromatic N) is 1. The summed E-state index contributed by atoms with van der Waals surface area (Å²) >= 11 is 1.87. The second kappa shape index (κ2) is 12.9. The van der Waals surface area contributed by atoms with Gasteiger partial charge in [-0.2, -0.15) is 0 Å². The molecule has 0 fully saturated rings. The van der Waals surface area contributed by atoms with Gasteiger partial charge < -0.3 is 9.32 Å². The molecule has 11 rings (SSSR count). The SMILES string of the molecule is c1ccc(-c2cccc3cccc(-c4ccccc4N(c4cccc(-c5cccc6c5sc5ccccc56)c4)c4ccc5oc6ccccc6c5c4)c23)cc1. The van der Waals surface area contributed by atoms with E-state index in [2.05, 4.69) is 193 Å². The lowest BCUT2D eigenvalue weighted by Gasteiger charge is -2.29. The van der Waals surface area contributed by atoms with Crippen molar-refractivity contribution in [3.63, 3.8) is 0 Å². The summed E-state index contributed by atoms with van der Waals surface area (Å²) < 4.78 is 8.94. The van der Waals surface area contributed by atoms with Gasteiger partial charge in [0.05, 0.1) is 5.69 Å². The van der Waals surface area contributed by atoms with Crippen molar-refractivity contribution in [3.05, 3.63) is 200 Å². The Labute approximate surface area is 322 Å². The molecule has 0 radical (unpaired) electrons. The Balaban J connectivity index is 1.16. The van der Waals surface area contributed by atoms with Gasteiger partial charge in [-0.15, -0.1) is 11.3 Å². The predicted molar refractivity (Wildman–Crippen MR) is 235 cm³/mol. The number of para-hydroxylation sites is 2. The van der Waals surface area contributed by atoms with Gasteiger partial charge in [0.1, 0.15) is 11.2 Å². The molecule has 0 saturated heterocycles. The largest absolute Gasteiger partial charge is 0.456 e. The van der Waals surface area contributed by atoms with Gasteiger partial charge in [0, 0.05) is 47.9 Å². The molecule has 9 aromatic carbocycles. The Kier molecular flexibility index (Phi) is 7.39. The molecule has 2 nitrogen and oxygen atoms in total. The Morgan fingerprint density at radius 1 is 0.382 bits per heavy atom. The van der Waals surface area contributed by atoms with Crippen molar-refractivity contribution < 1.29 is 4.42 Å². The molecule has 0 unspecified atom stereocenters. The summed E-state index contributed by atoms with van der Waals surface area (Å²) in [4.78, 5) is 2.43. The van der Waals surface area contributed by atoms with Crippen LogP contribution >= 0.6 is 11.3 Å². The third-order valence-electron chi connectivity index (χ3n) is 10.9. The van der Waals surface area contributed by atoms with Crippen molar-refractivity contribution in [2.45, 2.75) is 0 Å². The summed E-state index contributed by atoms with van der Waals surface area (Å²) in [5, 5.41) is 7.27. The fourth-order valence-corrected chi connectivity index (χ4v) is 9.63. The molecule has 0 N–H and O–H groups in total. The zero-order valence-electron chi connectivity index (χ0n) is 29.8. The van der Waals surface area contributed by atoms with Crippen molar-refractivity contribution in [2.75, 3.05) is 4.90 Å². The van der Waals surface area contributed by atoms with E-state index < -0.39 is 0 Å². The number of furan rings is 1. The molecular weight excluding hydrogens is 687 g/mol. The van der Waals surface area contributed by atoms with E-state index in [-0.39, 0.29) is 0 Å². The van der Waals surface area contributed by atoms with E-state index in [9.17, 15) is 0 Å². The zero-order valence-corrected chi connectivity index (χ0v) is 30.6. The summed E-state index contributed by atoms with van der Waals surface area (Å²) in [5.41, 5.74) is 12.2. The van der Waals surface area contributed by atoms with Gasteiger partial charge in [-0.05, 0) is 87.1 Å². The molecule has 0 aliphatic heterocycles. The normalized spacial score (nSPS) is 11.6. The van der Waals surface area contributed by atoms with Gasteiger partial charge in [0.25, 0.3) is 0 Å². The molecule has 3 heteroatoms. The summed E-state index contributed by atoms with van der Waals surface area (Å²) in [6, 6.07) is 72.3. The van der Waals surface area contributed by atoms with Gasteiger partial charge in [-0.1, -0.05) is 152 Å². The van der Waals surface area contributed by atoms with E-state index in [0.717, 1.165) is 44.6 Å². The minimum Gasteiger partial charge on any atom is -0.456 e. The smallest absolute Gasteiger partial charge is 0.135 e.